The Kier molecular flexibility index (Phi) is 3.26. The Morgan fingerprint density at radius 3 is 2.83 bits per heavy atom. The number of benzene rings is 1. The summed E-state index contributed by atoms with van der Waals surface area (Å²) in [4.78, 5) is 15.7. The van der Waals surface area contributed by atoms with Crippen LogP contribution in [0.4, 0.5) is 4.39 Å². The van der Waals surface area contributed by atoms with Crippen LogP contribution < -0.4 is 0 Å². The standard InChI is InChI=1S/C18H15FN4O/c1-10-7-13-8-12(3-5-15(13)18(10)24)17-11(2)23(22-21-17)14-4-6-16(19)20-9-14/h3-6,8-10H,7H2,1-2H3. The molecule has 4 rings (SSSR count). The molecule has 0 radical (unpaired) electrons. The number of pyridine rings is 1. The average Bonchev–Trinajstić information content (AvgIpc) is 3.09. The fourth-order valence-corrected chi connectivity index (χ4v) is 3.17. The third-order valence-electron chi connectivity index (χ3n) is 4.47. The van der Waals surface area contributed by atoms with Gasteiger partial charge in [0.2, 0.25) is 5.95 Å². The summed E-state index contributed by atoms with van der Waals surface area (Å²) in [6.45, 7) is 3.85. The van der Waals surface area contributed by atoms with Gasteiger partial charge < -0.3 is 0 Å². The highest BCUT2D eigenvalue weighted by Crippen LogP contribution is 2.31. The molecule has 5 nitrogen and oxygen atoms in total. The molecule has 0 bridgehead atoms. The molecule has 0 N–H and O–H groups in total. The molecule has 1 aromatic carbocycles. The molecule has 0 amide bonds. The maximum atomic E-state index is 13.0. The first-order valence-corrected chi connectivity index (χ1v) is 7.76. The number of aromatic nitrogens is 4. The van der Waals surface area contributed by atoms with E-state index in [4.69, 9.17) is 0 Å². The summed E-state index contributed by atoms with van der Waals surface area (Å²) < 4.78 is 14.6. The van der Waals surface area contributed by atoms with Crippen molar-refractivity contribution in [3.05, 3.63) is 59.3 Å². The first-order valence-electron chi connectivity index (χ1n) is 7.76. The summed E-state index contributed by atoms with van der Waals surface area (Å²) in [5.74, 6) is -0.291. The molecule has 24 heavy (non-hydrogen) atoms. The molecule has 1 atom stereocenters. The molecule has 0 saturated heterocycles. The number of fused-ring (bicyclic) bond motifs is 1. The second-order valence-corrected chi connectivity index (χ2v) is 6.12. The maximum absolute atomic E-state index is 13.0. The van der Waals surface area contributed by atoms with E-state index in [1.54, 1.807) is 10.7 Å². The number of ketones is 1. The molecular weight excluding hydrogens is 307 g/mol. The van der Waals surface area contributed by atoms with Crippen LogP contribution in [0.1, 0.15) is 28.5 Å². The number of hydrogen-bond acceptors (Lipinski definition) is 4. The maximum Gasteiger partial charge on any atom is 0.212 e. The quantitative estimate of drug-likeness (QED) is 0.680. The zero-order valence-electron chi connectivity index (χ0n) is 13.3. The Hall–Kier alpha value is -2.89. The van der Waals surface area contributed by atoms with Gasteiger partial charge in [-0.15, -0.1) is 5.10 Å². The van der Waals surface area contributed by atoms with Crippen LogP contribution in [0.5, 0.6) is 0 Å². The minimum absolute atomic E-state index is 0.0392. The predicted octanol–water partition coefficient (Wildman–Crippen LogP) is 3.15. The fraction of sp³-hybridized carbons (Fsp3) is 0.222. The van der Waals surface area contributed by atoms with Crippen LogP contribution in [0.15, 0.2) is 36.5 Å². The van der Waals surface area contributed by atoms with Crippen LogP contribution in [0.25, 0.3) is 16.9 Å². The van der Waals surface area contributed by atoms with E-state index in [2.05, 4.69) is 15.3 Å². The van der Waals surface area contributed by atoms with Gasteiger partial charge in [-0.1, -0.05) is 24.3 Å². The average molecular weight is 322 g/mol. The van der Waals surface area contributed by atoms with Crippen molar-refractivity contribution >= 4 is 5.78 Å². The van der Waals surface area contributed by atoms with Crippen LogP contribution in [0, 0.1) is 18.8 Å². The monoisotopic (exact) mass is 322 g/mol. The molecule has 1 unspecified atom stereocenters. The van der Waals surface area contributed by atoms with Gasteiger partial charge in [0.1, 0.15) is 5.69 Å². The molecule has 3 aromatic rings. The van der Waals surface area contributed by atoms with Crippen molar-refractivity contribution in [3.63, 3.8) is 0 Å². The van der Waals surface area contributed by atoms with E-state index in [9.17, 15) is 9.18 Å². The van der Waals surface area contributed by atoms with Crippen molar-refractivity contribution in [3.8, 4) is 16.9 Å². The molecule has 120 valence electrons. The number of rotatable bonds is 2. The number of carbonyl (C=O) groups is 1. The van der Waals surface area contributed by atoms with E-state index < -0.39 is 5.95 Å². The van der Waals surface area contributed by atoms with Crippen LogP contribution in [0.3, 0.4) is 0 Å². The smallest absolute Gasteiger partial charge is 0.212 e. The van der Waals surface area contributed by atoms with Crippen molar-refractivity contribution in [1.82, 2.24) is 20.0 Å². The zero-order chi connectivity index (χ0) is 16.8. The van der Waals surface area contributed by atoms with E-state index in [0.717, 1.165) is 34.5 Å². The van der Waals surface area contributed by atoms with Gasteiger partial charge in [0, 0.05) is 17.0 Å². The number of carbonyl (C=O) groups excluding carboxylic acids is 1. The SMILES string of the molecule is Cc1c(-c2ccc3c(c2)CC(C)C3=O)nnn1-c1ccc(F)nc1. The van der Waals surface area contributed by atoms with Crippen molar-refractivity contribution in [2.75, 3.05) is 0 Å². The number of halogens is 1. The fourth-order valence-electron chi connectivity index (χ4n) is 3.17. The Morgan fingerprint density at radius 1 is 1.25 bits per heavy atom. The molecule has 2 aromatic heterocycles. The van der Waals surface area contributed by atoms with E-state index in [1.807, 2.05) is 32.0 Å². The van der Waals surface area contributed by atoms with Gasteiger partial charge in [-0.05, 0) is 37.1 Å². The molecular formula is C18H15FN4O. The number of Topliss-reactive ketones (excluding diaryl/α,β-unsaturated/α-hetero) is 1. The lowest BCUT2D eigenvalue weighted by atomic mass is 10.0. The van der Waals surface area contributed by atoms with Crippen molar-refractivity contribution in [2.24, 2.45) is 5.92 Å². The summed E-state index contributed by atoms with van der Waals surface area (Å²) >= 11 is 0. The van der Waals surface area contributed by atoms with E-state index in [0.29, 0.717) is 5.69 Å². The highest BCUT2D eigenvalue weighted by molar-refractivity contribution is 6.02. The van der Waals surface area contributed by atoms with Gasteiger partial charge in [0.15, 0.2) is 5.78 Å². The van der Waals surface area contributed by atoms with Gasteiger partial charge in [-0.2, -0.15) is 4.39 Å². The van der Waals surface area contributed by atoms with Crippen molar-refractivity contribution < 1.29 is 9.18 Å². The molecule has 0 saturated carbocycles. The minimum atomic E-state index is -0.533. The molecule has 1 aliphatic carbocycles. The van der Waals surface area contributed by atoms with E-state index >= 15 is 0 Å². The number of nitrogens with zero attached hydrogens (tertiary/aromatic N) is 4. The highest BCUT2D eigenvalue weighted by atomic mass is 19.1. The van der Waals surface area contributed by atoms with Crippen LogP contribution in [-0.4, -0.2) is 25.8 Å². The lowest BCUT2D eigenvalue weighted by Gasteiger charge is -2.05. The van der Waals surface area contributed by atoms with Gasteiger partial charge in [-0.3, -0.25) is 4.79 Å². The van der Waals surface area contributed by atoms with Gasteiger partial charge in [-0.25, -0.2) is 9.67 Å². The summed E-state index contributed by atoms with van der Waals surface area (Å²) in [7, 11) is 0. The first-order chi connectivity index (χ1) is 11.5. The van der Waals surface area contributed by atoms with Gasteiger partial charge >= 0.3 is 0 Å². The second kappa shape index (κ2) is 5.33. The van der Waals surface area contributed by atoms with Crippen LogP contribution >= 0.6 is 0 Å². The lowest BCUT2D eigenvalue weighted by Crippen LogP contribution is -2.02. The van der Waals surface area contributed by atoms with E-state index in [-0.39, 0.29) is 11.7 Å². The van der Waals surface area contributed by atoms with Gasteiger partial charge in [0.25, 0.3) is 0 Å². The molecule has 0 spiro atoms. The Labute approximate surface area is 138 Å². The molecule has 2 heterocycles. The Balaban J connectivity index is 1.75. The van der Waals surface area contributed by atoms with Gasteiger partial charge in [0.05, 0.1) is 17.6 Å². The van der Waals surface area contributed by atoms with Crippen molar-refractivity contribution in [1.29, 1.82) is 0 Å². The third-order valence-corrected chi connectivity index (χ3v) is 4.47. The molecule has 0 aliphatic heterocycles. The third kappa shape index (κ3) is 2.22. The molecule has 6 heteroatoms. The largest absolute Gasteiger partial charge is 0.294 e. The summed E-state index contributed by atoms with van der Waals surface area (Å²) in [6.07, 6.45) is 2.18. The first kappa shape index (κ1) is 14.7. The summed E-state index contributed by atoms with van der Waals surface area (Å²) in [5, 5.41) is 8.41. The summed E-state index contributed by atoms with van der Waals surface area (Å²) in [6, 6.07) is 8.68. The number of hydrogen-bond donors (Lipinski definition) is 0. The predicted molar refractivity (Wildman–Crippen MR) is 86.5 cm³/mol. The van der Waals surface area contributed by atoms with E-state index in [1.165, 1.54) is 12.3 Å². The minimum Gasteiger partial charge on any atom is -0.294 e. The lowest BCUT2D eigenvalue weighted by molar-refractivity contribution is 0.0946. The Morgan fingerprint density at radius 2 is 2.08 bits per heavy atom. The summed E-state index contributed by atoms with van der Waals surface area (Å²) in [5.41, 5.74) is 5.02. The Bertz CT molecular complexity index is 946. The zero-order valence-corrected chi connectivity index (χ0v) is 13.3. The topological polar surface area (TPSA) is 60.7 Å². The highest BCUT2D eigenvalue weighted by Gasteiger charge is 2.27. The second-order valence-electron chi connectivity index (χ2n) is 6.12. The molecule has 1 aliphatic rings. The molecule has 0 fully saturated rings. The normalized spacial score (nSPS) is 16.5. The van der Waals surface area contributed by atoms with Crippen LogP contribution in [-0.2, 0) is 6.42 Å². The van der Waals surface area contributed by atoms with Crippen molar-refractivity contribution in [2.45, 2.75) is 20.3 Å². The van der Waals surface area contributed by atoms with Crippen LogP contribution in [0.2, 0.25) is 0 Å².